The van der Waals surface area contributed by atoms with Gasteiger partial charge < -0.3 is 4.90 Å². The molecule has 1 atom stereocenters. The molecule has 2 rings (SSSR count). The third-order valence-corrected chi connectivity index (χ3v) is 6.32. The van der Waals surface area contributed by atoms with Crippen LogP contribution in [0.2, 0.25) is 0 Å². The molecule has 0 saturated carbocycles. The molecular formula is C14H13F6NO3S2. The first-order valence-corrected chi connectivity index (χ1v) is 10.2. The van der Waals surface area contributed by atoms with Gasteiger partial charge in [0.05, 0.1) is 11.1 Å². The van der Waals surface area contributed by atoms with Gasteiger partial charge in [-0.05, 0) is 18.2 Å². The Balaban J connectivity index is 2.54. The van der Waals surface area contributed by atoms with E-state index in [1.165, 1.54) is 11.8 Å². The van der Waals surface area contributed by atoms with Crippen molar-refractivity contribution in [2.75, 3.05) is 24.3 Å². The van der Waals surface area contributed by atoms with Crippen LogP contribution in [0.3, 0.4) is 0 Å². The van der Waals surface area contributed by atoms with E-state index < -0.39 is 50.2 Å². The first-order chi connectivity index (χ1) is 11.7. The summed E-state index contributed by atoms with van der Waals surface area (Å²) in [7, 11) is -3.77. The molecular weight excluding hydrogens is 408 g/mol. The van der Waals surface area contributed by atoms with Gasteiger partial charge in [0.2, 0.25) is 0 Å². The number of halogens is 6. The van der Waals surface area contributed by atoms with Crippen molar-refractivity contribution in [1.82, 2.24) is 4.90 Å². The number of amides is 1. The largest absolute Gasteiger partial charge is 0.416 e. The fraction of sp³-hybridized carbons (Fsp3) is 0.500. The van der Waals surface area contributed by atoms with Gasteiger partial charge in [-0.25, -0.2) is 8.42 Å². The van der Waals surface area contributed by atoms with Crippen LogP contribution >= 0.6 is 11.8 Å². The highest BCUT2D eigenvalue weighted by atomic mass is 32.2. The summed E-state index contributed by atoms with van der Waals surface area (Å²) in [5.74, 6) is -0.865. The molecule has 1 heterocycles. The molecule has 1 aromatic carbocycles. The number of alkyl halides is 6. The standard InChI is InChI=1S/C14H13F6NO3S2/c1-26(23,24)11-7-25-3-2-21(11)12(22)8-4-9(13(15,16)17)6-10(5-8)14(18,19)20/h4-6,11H,2-3,7H2,1H3/t11-/m1/s1. The van der Waals surface area contributed by atoms with Gasteiger partial charge in [-0.15, -0.1) is 0 Å². The molecule has 1 saturated heterocycles. The Hall–Kier alpha value is -1.43. The Bertz CT molecular complexity index is 772. The lowest BCUT2D eigenvalue weighted by Gasteiger charge is -2.34. The zero-order valence-electron chi connectivity index (χ0n) is 13.2. The predicted octanol–water partition coefficient (Wildman–Crippen LogP) is 3.28. The zero-order chi connectivity index (χ0) is 19.9. The van der Waals surface area contributed by atoms with Gasteiger partial charge in [0.15, 0.2) is 9.84 Å². The van der Waals surface area contributed by atoms with Crippen LogP contribution in [0.5, 0.6) is 0 Å². The first kappa shape index (κ1) is 20.9. The molecule has 1 amide bonds. The number of carbonyl (C=O) groups is 1. The Morgan fingerprint density at radius 2 is 1.58 bits per heavy atom. The molecule has 12 heteroatoms. The lowest BCUT2D eigenvalue weighted by molar-refractivity contribution is -0.143. The Kier molecular flexibility index (Phi) is 5.58. The molecule has 1 aromatic rings. The lowest BCUT2D eigenvalue weighted by atomic mass is 10.0. The van der Waals surface area contributed by atoms with Gasteiger partial charge in [0.1, 0.15) is 5.37 Å². The highest BCUT2D eigenvalue weighted by molar-refractivity contribution is 8.00. The second-order valence-corrected chi connectivity index (χ2v) is 9.01. The van der Waals surface area contributed by atoms with Crippen LogP contribution in [0.15, 0.2) is 18.2 Å². The number of sulfone groups is 1. The minimum Gasteiger partial charge on any atom is -0.320 e. The smallest absolute Gasteiger partial charge is 0.320 e. The fourth-order valence-electron chi connectivity index (χ4n) is 2.41. The Morgan fingerprint density at radius 3 is 2.00 bits per heavy atom. The number of thioether (sulfide) groups is 1. The van der Waals surface area contributed by atoms with Crippen molar-refractivity contribution in [3.8, 4) is 0 Å². The van der Waals surface area contributed by atoms with Gasteiger partial charge in [0.25, 0.3) is 5.91 Å². The third kappa shape index (κ3) is 4.64. The van der Waals surface area contributed by atoms with E-state index in [9.17, 15) is 39.6 Å². The summed E-state index contributed by atoms with van der Waals surface area (Å²) in [6, 6.07) is 0.522. The van der Waals surface area contributed by atoms with Crippen LogP contribution in [0.4, 0.5) is 26.3 Å². The Morgan fingerprint density at radius 1 is 1.08 bits per heavy atom. The maximum atomic E-state index is 12.9. The average molecular weight is 421 g/mol. The molecule has 0 N–H and O–H groups in total. The van der Waals surface area contributed by atoms with Crippen LogP contribution in [0.1, 0.15) is 21.5 Å². The van der Waals surface area contributed by atoms with Crippen molar-refractivity contribution >= 4 is 27.5 Å². The van der Waals surface area contributed by atoms with Crippen molar-refractivity contribution in [3.63, 3.8) is 0 Å². The van der Waals surface area contributed by atoms with Crippen molar-refractivity contribution in [2.24, 2.45) is 0 Å². The van der Waals surface area contributed by atoms with E-state index >= 15 is 0 Å². The maximum absolute atomic E-state index is 12.9. The summed E-state index contributed by atoms with van der Waals surface area (Å²) in [6.07, 6.45) is -9.33. The van der Waals surface area contributed by atoms with Crippen LogP contribution in [0.25, 0.3) is 0 Å². The van der Waals surface area contributed by atoms with Crippen LogP contribution < -0.4 is 0 Å². The minimum absolute atomic E-state index is 0.00430. The summed E-state index contributed by atoms with van der Waals surface area (Å²) < 4.78 is 101. The van der Waals surface area contributed by atoms with Gasteiger partial charge in [0, 0.05) is 29.9 Å². The Labute approximate surface area is 149 Å². The van der Waals surface area contributed by atoms with E-state index in [1.54, 1.807) is 0 Å². The molecule has 146 valence electrons. The van der Waals surface area contributed by atoms with E-state index in [-0.39, 0.29) is 18.4 Å². The molecule has 1 fully saturated rings. The van der Waals surface area contributed by atoms with Crippen LogP contribution in [-0.4, -0.2) is 48.9 Å². The van der Waals surface area contributed by atoms with E-state index in [0.29, 0.717) is 17.9 Å². The number of hydrogen-bond donors (Lipinski definition) is 0. The second kappa shape index (κ2) is 6.95. The monoisotopic (exact) mass is 421 g/mol. The zero-order valence-corrected chi connectivity index (χ0v) is 14.8. The maximum Gasteiger partial charge on any atom is 0.416 e. The summed E-state index contributed by atoms with van der Waals surface area (Å²) >= 11 is 1.23. The first-order valence-electron chi connectivity index (χ1n) is 7.08. The second-order valence-electron chi connectivity index (χ2n) is 5.65. The molecule has 0 unspecified atom stereocenters. The molecule has 0 aromatic heterocycles. The van der Waals surface area contributed by atoms with Crippen LogP contribution in [-0.2, 0) is 22.2 Å². The number of rotatable bonds is 2. The van der Waals surface area contributed by atoms with E-state index in [0.717, 1.165) is 11.2 Å². The summed E-state index contributed by atoms with van der Waals surface area (Å²) in [5.41, 5.74) is -4.11. The van der Waals surface area contributed by atoms with Gasteiger partial charge in [-0.1, -0.05) is 0 Å². The van der Waals surface area contributed by atoms with E-state index in [4.69, 9.17) is 0 Å². The van der Waals surface area contributed by atoms with Crippen molar-refractivity contribution in [2.45, 2.75) is 17.7 Å². The highest BCUT2D eigenvalue weighted by Gasteiger charge is 2.40. The summed E-state index contributed by atoms with van der Waals surface area (Å²) in [4.78, 5) is 13.3. The minimum atomic E-state index is -5.09. The highest BCUT2D eigenvalue weighted by Crippen LogP contribution is 2.37. The lowest BCUT2D eigenvalue weighted by Crippen LogP contribution is -2.50. The number of nitrogens with zero attached hydrogens (tertiary/aromatic N) is 1. The van der Waals surface area contributed by atoms with Gasteiger partial charge in [-0.2, -0.15) is 38.1 Å². The molecule has 0 aliphatic carbocycles. The molecule has 26 heavy (non-hydrogen) atoms. The average Bonchev–Trinajstić information content (AvgIpc) is 2.51. The van der Waals surface area contributed by atoms with Crippen molar-refractivity contribution < 1.29 is 39.6 Å². The predicted molar refractivity (Wildman–Crippen MR) is 83.4 cm³/mol. The number of carbonyl (C=O) groups excluding carboxylic acids is 1. The quantitative estimate of drug-likeness (QED) is 0.688. The van der Waals surface area contributed by atoms with E-state index in [1.807, 2.05) is 0 Å². The van der Waals surface area contributed by atoms with Gasteiger partial charge >= 0.3 is 12.4 Å². The molecule has 4 nitrogen and oxygen atoms in total. The SMILES string of the molecule is CS(=O)(=O)[C@@H]1CSCCN1C(=O)c1cc(C(F)(F)F)cc(C(F)(F)F)c1. The summed E-state index contributed by atoms with van der Waals surface area (Å²) in [5, 5.41) is -1.31. The van der Waals surface area contributed by atoms with Crippen molar-refractivity contribution in [1.29, 1.82) is 0 Å². The summed E-state index contributed by atoms with van der Waals surface area (Å²) in [6.45, 7) is -0.0984. The molecule has 0 radical (unpaired) electrons. The molecule has 1 aliphatic rings. The number of benzene rings is 1. The molecule has 0 spiro atoms. The molecule has 1 aliphatic heterocycles. The molecule has 0 bridgehead atoms. The number of hydrogen-bond acceptors (Lipinski definition) is 4. The normalized spacial score (nSPS) is 19.5. The third-order valence-electron chi connectivity index (χ3n) is 3.67. The van der Waals surface area contributed by atoms with Crippen LogP contribution in [0, 0.1) is 0 Å². The fourth-order valence-corrected chi connectivity index (χ4v) is 5.23. The van der Waals surface area contributed by atoms with Crippen molar-refractivity contribution in [3.05, 3.63) is 34.9 Å². The van der Waals surface area contributed by atoms with Gasteiger partial charge in [-0.3, -0.25) is 4.79 Å². The topological polar surface area (TPSA) is 54.5 Å². The van der Waals surface area contributed by atoms with E-state index in [2.05, 4.69) is 0 Å².